The highest BCUT2D eigenvalue weighted by Crippen LogP contribution is 2.31. The summed E-state index contributed by atoms with van der Waals surface area (Å²) < 4.78 is 11.8. The van der Waals surface area contributed by atoms with Crippen LogP contribution in [0.25, 0.3) is 11.3 Å². The van der Waals surface area contributed by atoms with Gasteiger partial charge in [-0.25, -0.2) is 4.79 Å². The Morgan fingerprint density at radius 2 is 1.92 bits per heavy atom. The summed E-state index contributed by atoms with van der Waals surface area (Å²) in [5.41, 5.74) is 2.26. The van der Waals surface area contributed by atoms with Gasteiger partial charge in [0, 0.05) is 15.7 Å². The van der Waals surface area contributed by atoms with Crippen LogP contribution >= 0.6 is 27.5 Å². The second-order valence-corrected chi connectivity index (χ2v) is 6.86. The average Bonchev–Trinajstić information content (AvgIpc) is 3.09. The maximum Gasteiger partial charge on any atom is 0.338 e. The SMILES string of the molecule is CCOC(=O)c1ccc(NCc2ccc(-c3ccc(Br)cc3Cl)o2)cc1. The summed E-state index contributed by atoms with van der Waals surface area (Å²) in [6.07, 6.45) is 0. The highest BCUT2D eigenvalue weighted by molar-refractivity contribution is 9.10. The molecule has 0 amide bonds. The highest BCUT2D eigenvalue weighted by Gasteiger charge is 2.10. The van der Waals surface area contributed by atoms with Crippen molar-refractivity contribution in [2.45, 2.75) is 13.5 Å². The van der Waals surface area contributed by atoms with Gasteiger partial charge in [-0.05, 0) is 61.5 Å². The van der Waals surface area contributed by atoms with E-state index in [9.17, 15) is 4.79 Å². The summed E-state index contributed by atoms with van der Waals surface area (Å²) in [6.45, 7) is 2.67. The van der Waals surface area contributed by atoms with Crippen molar-refractivity contribution in [3.8, 4) is 11.3 Å². The van der Waals surface area contributed by atoms with Crippen molar-refractivity contribution < 1.29 is 13.9 Å². The number of carbonyl (C=O) groups excluding carboxylic acids is 1. The smallest absolute Gasteiger partial charge is 0.338 e. The molecule has 0 bridgehead atoms. The van der Waals surface area contributed by atoms with Gasteiger partial charge >= 0.3 is 5.97 Å². The fourth-order valence-corrected chi connectivity index (χ4v) is 3.20. The van der Waals surface area contributed by atoms with Gasteiger partial charge in [0.1, 0.15) is 11.5 Å². The number of furan rings is 1. The van der Waals surface area contributed by atoms with Gasteiger partial charge in [-0.15, -0.1) is 0 Å². The van der Waals surface area contributed by atoms with Crippen LogP contribution in [0, 0.1) is 0 Å². The predicted octanol–water partition coefficient (Wildman–Crippen LogP) is 6.15. The molecule has 3 aromatic rings. The maximum atomic E-state index is 11.6. The fraction of sp³-hybridized carbons (Fsp3) is 0.150. The molecule has 1 heterocycles. The topological polar surface area (TPSA) is 51.5 Å². The number of halogens is 2. The third-order valence-corrected chi connectivity index (χ3v) is 4.53. The van der Waals surface area contributed by atoms with E-state index in [4.69, 9.17) is 20.8 Å². The molecule has 0 aliphatic carbocycles. The van der Waals surface area contributed by atoms with E-state index in [1.165, 1.54) is 0 Å². The zero-order valence-electron chi connectivity index (χ0n) is 14.1. The number of hydrogen-bond donors (Lipinski definition) is 1. The van der Waals surface area contributed by atoms with Crippen LogP contribution in [0.1, 0.15) is 23.0 Å². The highest BCUT2D eigenvalue weighted by atomic mass is 79.9. The molecule has 0 aliphatic heterocycles. The summed E-state index contributed by atoms with van der Waals surface area (Å²) >= 11 is 9.66. The van der Waals surface area contributed by atoms with Gasteiger partial charge < -0.3 is 14.5 Å². The zero-order chi connectivity index (χ0) is 18.5. The molecule has 134 valence electrons. The van der Waals surface area contributed by atoms with Gasteiger partial charge in [-0.2, -0.15) is 0 Å². The molecule has 0 unspecified atom stereocenters. The van der Waals surface area contributed by atoms with Crippen molar-refractivity contribution in [1.29, 1.82) is 0 Å². The minimum Gasteiger partial charge on any atom is -0.462 e. The molecule has 0 fully saturated rings. The molecule has 0 saturated heterocycles. The molecule has 26 heavy (non-hydrogen) atoms. The van der Waals surface area contributed by atoms with Crippen molar-refractivity contribution in [3.05, 3.63) is 75.4 Å². The molecule has 0 aliphatic rings. The van der Waals surface area contributed by atoms with Crippen LogP contribution in [0.15, 0.2) is 63.5 Å². The molecule has 0 spiro atoms. The van der Waals surface area contributed by atoms with Crippen LogP contribution < -0.4 is 5.32 Å². The van der Waals surface area contributed by atoms with Crippen molar-refractivity contribution in [3.63, 3.8) is 0 Å². The largest absolute Gasteiger partial charge is 0.462 e. The van der Waals surface area contributed by atoms with Crippen LogP contribution in [0.3, 0.4) is 0 Å². The Morgan fingerprint density at radius 1 is 1.15 bits per heavy atom. The van der Waals surface area contributed by atoms with Gasteiger partial charge in [0.05, 0.1) is 23.7 Å². The Bertz CT molecular complexity index is 906. The first-order valence-corrected chi connectivity index (χ1v) is 9.29. The number of rotatable bonds is 6. The standard InChI is InChI=1S/C20H17BrClNO3/c1-2-25-20(24)13-3-6-15(7-4-13)23-12-16-8-10-19(26-16)17-9-5-14(21)11-18(17)22/h3-11,23H,2,12H2,1H3. The van der Waals surface area contributed by atoms with E-state index >= 15 is 0 Å². The summed E-state index contributed by atoms with van der Waals surface area (Å²) in [5.74, 6) is 1.19. The Labute approximate surface area is 165 Å². The van der Waals surface area contributed by atoms with Crippen LogP contribution in [0.4, 0.5) is 5.69 Å². The number of anilines is 1. The van der Waals surface area contributed by atoms with Crippen LogP contribution in [0.2, 0.25) is 5.02 Å². The Kier molecular flexibility index (Phi) is 6.01. The van der Waals surface area contributed by atoms with Gasteiger partial charge in [0.25, 0.3) is 0 Å². The second-order valence-electron chi connectivity index (χ2n) is 5.54. The van der Waals surface area contributed by atoms with E-state index in [2.05, 4.69) is 21.2 Å². The molecule has 0 atom stereocenters. The number of benzene rings is 2. The first-order valence-electron chi connectivity index (χ1n) is 8.12. The molecular weight excluding hydrogens is 418 g/mol. The number of ether oxygens (including phenoxy) is 1. The van der Waals surface area contributed by atoms with Gasteiger partial charge in [0.2, 0.25) is 0 Å². The zero-order valence-corrected chi connectivity index (χ0v) is 16.4. The van der Waals surface area contributed by atoms with E-state index in [-0.39, 0.29) is 5.97 Å². The molecule has 6 heteroatoms. The summed E-state index contributed by atoms with van der Waals surface area (Å²) in [5, 5.41) is 3.89. The van der Waals surface area contributed by atoms with Gasteiger partial charge in [-0.3, -0.25) is 0 Å². The molecule has 1 aromatic heterocycles. The molecule has 3 rings (SSSR count). The third-order valence-electron chi connectivity index (χ3n) is 3.72. The van der Waals surface area contributed by atoms with Crippen LogP contribution in [-0.4, -0.2) is 12.6 Å². The van der Waals surface area contributed by atoms with E-state index in [1.54, 1.807) is 19.1 Å². The van der Waals surface area contributed by atoms with Crippen molar-refractivity contribution in [2.24, 2.45) is 0 Å². The lowest BCUT2D eigenvalue weighted by Crippen LogP contribution is -2.05. The fourth-order valence-electron chi connectivity index (χ4n) is 2.43. The number of carbonyl (C=O) groups is 1. The maximum absolute atomic E-state index is 11.6. The summed E-state index contributed by atoms with van der Waals surface area (Å²) in [4.78, 5) is 11.6. The van der Waals surface area contributed by atoms with Crippen molar-refractivity contribution in [2.75, 3.05) is 11.9 Å². The monoisotopic (exact) mass is 433 g/mol. The lowest BCUT2D eigenvalue weighted by atomic mass is 10.2. The van der Waals surface area contributed by atoms with E-state index in [1.807, 2.05) is 42.5 Å². The summed E-state index contributed by atoms with van der Waals surface area (Å²) in [6, 6.07) is 16.6. The van der Waals surface area contributed by atoms with Crippen molar-refractivity contribution >= 4 is 39.2 Å². The van der Waals surface area contributed by atoms with Crippen molar-refractivity contribution in [1.82, 2.24) is 0 Å². The average molecular weight is 435 g/mol. The van der Waals surface area contributed by atoms with Crippen LogP contribution in [0.5, 0.6) is 0 Å². The minimum atomic E-state index is -0.318. The van der Waals surface area contributed by atoms with E-state index < -0.39 is 0 Å². The third kappa shape index (κ3) is 4.48. The van der Waals surface area contributed by atoms with E-state index in [0.717, 1.165) is 27.2 Å². The molecule has 1 N–H and O–H groups in total. The minimum absolute atomic E-state index is 0.318. The first-order chi connectivity index (χ1) is 12.6. The predicted molar refractivity (Wildman–Crippen MR) is 107 cm³/mol. The molecule has 2 aromatic carbocycles. The van der Waals surface area contributed by atoms with E-state index in [0.29, 0.717) is 23.7 Å². The lowest BCUT2D eigenvalue weighted by Gasteiger charge is -2.06. The number of hydrogen-bond acceptors (Lipinski definition) is 4. The second kappa shape index (κ2) is 8.43. The lowest BCUT2D eigenvalue weighted by molar-refractivity contribution is 0.0526. The number of nitrogens with one attached hydrogen (secondary N) is 1. The van der Waals surface area contributed by atoms with Crippen LogP contribution in [-0.2, 0) is 11.3 Å². The first kappa shape index (κ1) is 18.5. The normalized spacial score (nSPS) is 10.6. The summed E-state index contributed by atoms with van der Waals surface area (Å²) in [7, 11) is 0. The number of esters is 1. The Morgan fingerprint density at radius 3 is 2.62 bits per heavy atom. The van der Waals surface area contributed by atoms with Gasteiger partial charge in [-0.1, -0.05) is 27.5 Å². The Hall–Kier alpha value is -2.24. The molecule has 0 saturated carbocycles. The molecule has 0 radical (unpaired) electrons. The molecule has 4 nitrogen and oxygen atoms in total. The molecular formula is C20H17BrClNO3. The quantitative estimate of drug-likeness (QED) is 0.473. The Balaban J connectivity index is 1.64. The van der Waals surface area contributed by atoms with Gasteiger partial charge in [0.15, 0.2) is 0 Å².